The molecule has 2 rings (SSSR count). The lowest BCUT2D eigenvalue weighted by Crippen LogP contribution is -2.11. The number of carbonyl (C=O) groups excluding carboxylic acids is 1. The molecular formula is C21H26F3N3OS. The van der Waals surface area contributed by atoms with E-state index in [1.54, 1.807) is 18.3 Å². The van der Waals surface area contributed by atoms with Crippen molar-refractivity contribution in [2.75, 3.05) is 0 Å². The summed E-state index contributed by atoms with van der Waals surface area (Å²) in [6.07, 6.45) is 5.10. The first kappa shape index (κ1) is 24.6. The molecule has 2 heterocycles. The molecule has 2 aromatic heterocycles. The normalized spacial score (nSPS) is 12.0. The molecule has 0 unspecified atom stereocenters. The van der Waals surface area contributed by atoms with Crippen LogP contribution >= 0.6 is 11.3 Å². The molecule has 29 heavy (non-hydrogen) atoms. The molecule has 0 atom stereocenters. The molecule has 0 saturated carbocycles. The summed E-state index contributed by atoms with van der Waals surface area (Å²) >= 11 is 1.13. The Morgan fingerprint density at radius 3 is 2.52 bits per heavy atom. The Kier molecular flexibility index (Phi) is 9.74. The summed E-state index contributed by atoms with van der Waals surface area (Å²) in [6.45, 7) is 9.05. The van der Waals surface area contributed by atoms with E-state index >= 15 is 0 Å². The fraction of sp³-hybridized carbons (Fsp3) is 0.381. The highest BCUT2D eigenvalue weighted by Crippen LogP contribution is 2.34. The van der Waals surface area contributed by atoms with Crippen LogP contribution in [0.25, 0.3) is 10.6 Å². The van der Waals surface area contributed by atoms with E-state index in [9.17, 15) is 18.0 Å². The molecule has 0 spiro atoms. The van der Waals surface area contributed by atoms with Gasteiger partial charge in [-0.3, -0.25) is 14.5 Å². The summed E-state index contributed by atoms with van der Waals surface area (Å²) in [7, 11) is 1.24. The van der Waals surface area contributed by atoms with E-state index in [-0.39, 0.29) is 11.5 Å². The highest BCUT2D eigenvalue weighted by atomic mass is 32.1. The minimum atomic E-state index is -4.43. The van der Waals surface area contributed by atoms with Crippen molar-refractivity contribution in [3.05, 3.63) is 52.7 Å². The molecule has 0 aliphatic heterocycles. The fourth-order valence-electron chi connectivity index (χ4n) is 2.37. The monoisotopic (exact) mass is 425 g/mol. The van der Waals surface area contributed by atoms with Gasteiger partial charge >= 0.3 is 6.18 Å². The van der Waals surface area contributed by atoms with Gasteiger partial charge in [0.05, 0.1) is 9.75 Å². The molecule has 0 radical (unpaired) electrons. The van der Waals surface area contributed by atoms with E-state index in [1.807, 2.05) is 6.08 Å². The number of hydrogen-bond acceptors (Lipinski definition) is 4. The number of carbonyl (C=O) groups is 1. The number of aryl methyl sites for hydroxylation is 1. The summed E-state index contributed by atoms with van der Waals surface area (Å²) < 4.78 is 38.6. The Labute approximate surface area is 173 Å². The first-order chi connectivity index (χ1) is 13.6. The quantitative estimate of drug-likeness (QED) is 0.281. The highest BCUT2D eigenvalue weighted by Gasteiger charge is 2.35. The Hall–Kier alpha value is -2.48. The number of unbranched alkanes of at least 4 members (excludes halogenated alkanes) is 1. The summed E-state index contributed by atoms with van der Waals surface area (Å²) in [5.41, 5.74) is 0.761. The number of halogens is 3. The molecule has 0 saturated heterocycles. The summed E-state index contributed by atoms with van der Waals surface area (Å²) in [5, 5.41) is 3.82. The molecule has 4 nitrogen and oxygen atoms in total. The Morgan fingerprint density at radius 2 is 2.07 bits per heavy atom. The van der Waals surface area contributed by atoms with Crippen LogP contribution < -0.4 is 0 Å². The third-order valence-electron chi connectivity index (χ3n) is 3.96. The zero-order valence-corrected chi connectivity index (χ0v) is 17.9. The van der Waals surface area contributed by atoms with E-state index in [0.717, 1.165) is 28.5 Å². The molecular weight excluding hydrogens is 399 g/mol. The zero-order valence-electron chi connectivity index (χ0n) is 17.1. The average molecular weight is 426 g/mol. The molecule has 0 amide bonds. The van der Waals surface area contributed by atoms with Gasteiger partial charge in [0.15, 0.2) is 5.78 Å². The lowest BCUT2D eigenvalue weighted by Gasteiger charge is -2.04. The number of thiophene rings is 1. The van der Waals surface area contributed by atoms with E-state index < -0.39 is 11.9 Å². The number of allylic oxidation sites excluding steroid dienone is 3. The zero-order chi connectivity index (χ0) is 22.0. The van der Waals surface area contributed by atoms with Crippen LogP contribution in [-0.2, 0) is 13.2 Å². The summed E-state index contributed by atoms with van der Waals surface area (Å²) in [4.78, 5) is 15.8. The predicted molar refractivity (Wildman–Crippen MR) is 113 cm³/mol. The van der Waals surface area contributed by atoms with Crippen molar-refractivity contribution in [1.82, 2.24) is 9.78 Å². The summed E-state index contributed by atoms with van der Waals surface area (Å²) in [5.74, 6) is -0.113. The smallest absolute Gasteiger partial charge is 0.294 e. The lowest BCUT2D eigenvalue weighted by atomic mass is 10.1. The van der Waals surface area contributed by atoms with E-state index in [1.165, 1.54) is 32.4 Å². The topological polar surface area (TPSA) is 47.2 Å². The largest absolute Gasteiger partial charge is 0.433 e. The number of hydrogen-bond donors (Lipinski definition) is 0. The van der Waals surface area contributed by atoms with Crippen molar-refractivity contribution in [1.29, 1.82) is 0 Å². The second kappa shape index (κ2) is 11.5. The number of ketones is 1. The molecule has 2 aromatic rings. The molecule has 0 aromatic carbocycles. The van der Waals surface area contributed by atoms with Crippen molar-refractivity contribution in [3.8, 4) is 10.6 Å². The molecule has 0 aliphatic carbocycles. The minimum absolute atomic E-state index is 0.113. The fourth-order valence-corrected chi connectivity index (χ4v) is 3.23. The Morgan fingerprint density at radius 1 is 1.38 bits per heavy atom. The van der Waals surface area contributed by atoms with Gasteiger partial charge in [0.25, 0.3) is 0 Å². The first-order valence-electron chi connectivity index (χ1n) is 9.13. The molecule has 0 bridgehead atoms. The van der Waals surface area contributed by atoms with Gasteiger partial charge in [0.2, 0.25) is 0 Å². The number of aromatic nitrogens is 2. The van der Waals surface area contributed by atoms with Crippen LogP contribution in [0, 0.1) is 0 Å². The van der Waals surface area contributed by atoms with E-state index in [2.05, 4.69) is 36.7 Å². The van der Waals surface area contributed by atoms with Crippen molar-refractivity contribution in [3.63, 3.8) is 0 Å². The number of rotatable bonds is 7. The van der Waals surface area contributed by atoms with E-state index in [0.29, 0.717) is 9.75 Å². The number of Topliss-reactive ketones (excluding diaryl/α,β-unsaturated/α-hetero) is 1. The van der Waals surface area contributed by atoms with Crippen molar-refractivity contribution >= 4 is 23.8 Å². The van der Waals surface area contributed by atoms with E-state index in [4.69, 9.17) is 0 Å². The third-order valence-corrected chi connectivity index (χ3v) is 5.17. The van der Waals surface area contributed by atoms with Gasteiger partial charge in [-0.15, -0.1) is 11.3 Å². The van der Waals surface area contributed by atoms with Gasteiger partial charge in [-0.2, -0.15) is 18.3 Å². The van der Waals surface area contributed by atoms with Crippen LogP contribution in [0.4, 0.5) is 13.2 Å². The number of nitrogens with zero attached hydrogens (tertiary/aromatic N) is 3. The van der Waals surface area contributed by atoms with Gasteiger partial charge in [0, 0.05) is 13.2 Å². The molecule has 0 N–H and O–H groups in total. The maximum atomic E-state index is 12.6. The Bertz CT molecular complexity index is 876. The van der Waals surface area contributed by atoms with Crippen LogP contribution in [-0.4, -0.2) is 22.3 Å². The van der Waals surface area contributed by atoms with Gasteiger partial charge < -0.3 is 0 Å². The number of aliphatic imine (C=N–C) groups is 1. The predicted octanol–water partition coefficient (Wildman–Crippen LogP) is 6.71. The van der Waals surface area contributed by atoms with Crippen LogP contribution in [0.15, 0.2) is 47.1 Å². The third kappa shape index (κ3) is 7.81. The maximum Gasteiger partial charge on any atom is 0.433 e. The van der Waals surface area contributed by atoms with Gasteiger partial charge in [-0.05, 0) is 57.7 Å². The maximum absolute atomic E-state index is 12.6. The highest BCUT2D eigenvalue weighted by molar-refractivity contribution is 7.17. The standard InChI is InChI=1S/C11H9F3N2OS.C10H17N/c1-6(17)8-3-4-9(18-8)7-5-10(11(12,13)14)16(2)15-7;1-4-6-7-10(5-2)8-9-11-3/h3-5H,1-2H3;5,8-9H,3-4,6-7H2,1-2H3/b;9-8-,10-5-. The Balaban J connectivity index is 0.000000331. The molecule has 0 fully saturated rings. The van der Waals surface area contributed by atoms with Crippen LogP contribution in [0.5, 0.6) is 0 Å². The van der Waals surface area contributed by atoms with Crippen LogP contribution in [0.3, 0.4) is 0 Å². The number of alkyl halides is 3. The molecule has 158 valence electrons. The SMILES string of the molecule is C=N/C=C\C(=C/C)CCCC.CC(=O)c1ccc(-c2cc(C(F)(F)F)n(C)n2)s1. The average Bonchev–Trinajstić information content (AvgIpc) is 3.29. The molecule has 0 aliphatic rings. The first-order valence-corrected chi connectivity index (χ1v) is 9.95. The van der Waals surface area contributed by atoms with Crippen molar-refractivity contribution in [2.24, 2.45) is 12.0 Å². The second-order valence-corrected chi connectivity index (χ2v) is 7.31. The molecule has 8 heteroatoms. The van der Waals surface area contributed by atoms with Gasteiger partial charge in [0.1, 0.15) is 11.4 Å². The minimum Gasteiger partial charge on any atom is -0.294 e. The van der Waals surface area contributed by atoms with Crippen LogP contribution in [0.1, 0.15) is 55.4 Å². The summed E-state index contributed by atoms with van der Waals surface area (Å²) in [6, 6.07) is 4.17. The second-order valence-electron chi connectivity index (χ2n) is 6.22. The van der Waals surface area contributed by atoms with Crippen molar-refractivity contribution < 1.29 is 18.0 Å². The van der Waals surface area contributed by atoms with Crippen LogP contribution in [0.2, 0.25) is 0 Å². The van der Waals surface area contributed by atoms with Crippen molar-refractivity contribution in [2.45, 2.75) is 46.2 Å². The van der Waals surface area contributed by atoms with Gasteiger partial charge in [-0.1, -0.05) is 25.0 Å². The lowest BCUT2D eigenvalue weighted by molar-refractivity contribution is -0.143. The van der Waals surface area contributed by atoms with Gasteiger partial charge in [-0.25, -0.2) is 0 Å².